The number of nitrogens with one attached hydrogen (secondary N) is 2. The number of ether oxygens (including phenoxy) is 1. The summed E-state index contributed by atoms with van der Waals surface area (Å²) in [5, 5.41) is 23.4. The minimum Gasteiger partial charge on any atom is -0.380 e. The molecule has 3 heterocycles. The van der Waals surface area contributed by atoms with Gasteiger partial charge in [0, 0.05) is 31.7 Å². The number of hydrogen-bond acceptors (Lipinski definition) is 9. The van der Waals surface area contributed by atoms with E-state index >= 15 is 0 Å². The third-order valence-electron chi connectivity index (χ3n) is 4.19. The normalized spacial score (nSPS) is 17.5. The molecule has 142 valence electrons. The Bertz CT molecular complexity index is 808. The van der Waals surface area contributed by atoms with Crippen LogP contribution >= 0.6 is 15.9 Å². The molecule has 2 aromatic rings. The number of nitriles is 1. The summed E-state index contributed by atoms with van der Waals surface area (Å²) in [5.74, 6) is 1.01. The van der Waals surface area contributed by atoms with E-state index in [0.29, 0.717) is 28.8 Å². The molecule has 0 unspecified atom stereocenters. The van der Waals surface area contributed by atoms with Crippen molar-refractivity contribution >= 4 is 33.3 Å². The van der Waals surface area contributed by atoms with Gasteiger partial charge in [0.05, 0.1) is 30.8 Å². The lowest BCUT2D eigenvalue weighted by Crippen LogP contribution is -2.48. The van der Waals surface area contributed by atoms with Gasteiger partial charge in [-0.1, -0.05) is 0 Å². The molecule has 0 saturated carbocycles. The third-order valence-corrected chi connectivity index (χ3v) is 4.78. The summed E-state index contributed by atoms with van der Waals surface area (Å²) in [6.07, 6.45) is 2.99. The average molecular weight is 433 g/mol. The molecule has 1 saturated heterocycles. The standard InChI is InChI=1S/C17H21BrN8O/c1-11(2)26-3-4-27-13(10-26)8-21-14-5-15(24-25-17(14)18)23-16-9-20-12(6-19)7-22-16/h5,7,9,11,13H,3-4,8,10H2,1-2H3,(H2,21,22,23,24)/t13-/m0/s1. The molecular weight excluding hydrogens is 412 g/mol. The lowest BCUT2D eigenvalue weighted by Gasteiger charge is -2.35. The number of rotatable bonds is 6. The Balaban J connectivity index is 1.62. The first kappa shape index (κ1) is 19.4. The molecule has 1 fully saturated rings. The van der Waals surface area contributed by atoms with Crippen molar-refractivity contribution in [2.45, 2.75) is 26.0 Å². The molecular formula is C17H21BrN8O. The lowest BCUT2D eigenvalue weighted by molar-refractivity contribution is -0.0315. The number of morpholine rings is 1. The van der Waals surface area contributed by atoms with Crippen LogP contribution in [0.15, 0.2) is 23.1 Å². The molecule has 0 aliphatic carbocycles. The van der Waals surface area contributed by atoms with Gasteiger partial charge in [-0.3, -0.25) is 4.90 Å². The van der Waals surface area contributed by atoms with Crippen molar-refractivity contribution in [2.24, 2.45) is 0 Å². The fourth-order valence-corrected chi connectivity index (χ4v) is 3.04. The first-order valence-electron chi connectivity index (χ1n) is 8.67. The molecule has 10 heteroatoms. The first-order valence-corrected chi connectivity index (χ1v) is 9.46. The Labute approximate surface area is 166 Å². The maximum absolute atomic E-state index is 8.78. The zero-order chi connectivity index (χ0) is 19.2. The fourth-order valence-electron chi connectivity index (χ4n) is 2.70. The second-order valence-corrected chi connectivity index (χ2v) is 7.17. The van der Waals surface area contributed by atoms with Crippen molar-refractivity contribution < 1.29 is 4.74 Å². The van der Waals surface area contributed by atoms with Crippen LogP contribution in [-0.2, 0) is 4.74 Å². The molecule has 3 rings (SSSR count). The van der Waals surface area contributed by atoms with Crippen LogP contribution in [0.25, 0.3) is 0 Å². The largest absolute Gasteiger partial charge is 0.380 e. The molecule has 1 atom stereocenters. The monoisotopic (exact) mass is 432 g/mol. The van der Waals surface area contributed by atoms with Crippen LogP contribution in [-0.4, -0.2) is 63.5 Å². The maximum atomic E-state index is 8.78. The van der Waals surface area contributed by atoms with Gasteiger partial charge in [-0.15, -0.1) is 10.2 Å². The van der Waals surface area contributed by atoms with E-state index in [9.17, 15) is 0 Å². The van der Waals surface area contributed by atoms with E-state index < -0.39 is 0 Å². The minimum atomic E-state index is 0.113. The highest BCUT2D eigenvalue weighted by Crippen LogP contribution is 2.23. The molecule has 1 aliphatic rings. The molecule has 0 spiro atoms. The van der Waals surface area contributed by atoms with E-state index in [2.05, 4.69) is 65.5 Å². The summed E-state index contributed by atoms with van der Waals surface area (Å²) in [5.41, 5.74) is 1.06. The van der Waals surface area contributed by atoms with Crippen LogP contribution in [0.3, 0.4) is 0 Å². The van der Waals surface area contributed by atoms with Crippen molar-refractivity contribution in [2.75, 3.05) is 36.9 Å². The van der Waals surface area contributed by atoms with Crippen LogP contribution in [0.5, 0.6) is 0 Å². The van der Waals surface area contributed by atoms with E-state index in [1.807, 2.05) is 12.1 Å². The van der Waals surface area contributed by atoms with Gasteiger partial charge < -0.3 is 15.4 Å². The van der Waals surface area contributed by atoms with Crippen molar-refractivity contribution in [3.63, 3.8) is 0 Å². The van der Waals surface area contributed by atoms with Crippen LogP contribution in [0.2, 0.25) is 0 Å². The average Bonchev–Trinajstić information content (AvgIpc) is 2.69. The zero-order valence-electron chi connectivity index (χ0n) is 15.2. The molecule has 2 N–H and O–H groups in total. The van der Waals surface area contributed by atoms with Crippen LogP contribution < -0.4 is 10.6 Å². The fraction of sp³-hybridized carbons (Fsp3) is 0.471. The van der Waals surface area contributed by atoms with Gasteiger partial charge in [0.1, 0.15) is 11.9 Å². The summed E-state index contributed by atoms with van der Waals surface area (Å²) in [4.78, 5) is 10.5. The summed E-state index contributed by atoms with van der Waals surface area (Å²) >= 11 is 3.42. The van der Waals surface area contributed by atoms with Gasteiger partial charge in [-0.05, 0) is 29.8 Å². The molecule has 0 amide bonds. The highest BCUT2D eigenvalue weighted by molar-refractivity contribution is 9.10. The number of halogens is 1. The Hall–Kier alpha value is -2.35. The number of aromatic nitrogens is 4. The van der Waals surface area contributed by atoms with Crippen molar-refractivity contribution in [3.05, 3.63) is 28.8 Å². The number of hydrogen-bond donors (Lipinski definition) is 2. The Morgan fingerprint density at radius 1 is 1.33 bits per heavy atom. The Kier molecular flexibility index (Phi) is 6.49. The summed E-state index contributed by atoms with van der Waals surface area (Å²) in [7, 11) is 0. The zero-order valence-corrected chi connectivity index (χ0v) is 16.8. The predicted octanol–water partition coefficient (Wildman–Crippen LogP) is 2.17. The van der Waals surface area contributed by atoms with E-state index in [1.54, 1.807) is 0 Å². The van der Waals surface area contributed by atoms with E-state index in [-0.39, 0.29) is 11.8 Å². The van der Waals surface area contributed by atoms with E-state index in [0.717, 1.165) is 25.4 Å². The summed E-state index contributed by atoms with van der Waals surface area (Å²) in [6, 6.07) is 4.27. The van der Waals surface area contributed by atoms with Crippen molar-refractivity contribution in [1.82, 2.24) is 25.1 Å². The molecule has 1 aliphatic heterocycles. The van der Waals surface area contributed by atoms with Crippen molar-refractivity contribution in [1.29, 1.82) is 5.26 Å². The molecule has 2 aromatic heterocycles. The molecule has 9 nitrogen and oxygen atoms in total. The topological polar surface area (TPSA) is 112 Å². The van der Waals surface area contributed by atoms with Gasteiger partial charge >= 0.3 is 0 Å². The quantitative estimate of drug-likeness (QED) is 0.708. The second kappa shape index (κ2) is 9.03. The van der Waals surface area contributed by atoms with Gasteiger partial charge in [0.15, 0.2) is 16.1 Å². The van der Waals surface area contributed by atoms with Crippen LogP contribution in [0.4, 0.5) is 17.3 Å². The molecule has 0 radical (unpaired) electrons. The van der Waals surface area contributed by atoms with E-state index in [1.165, 1.54) is 12.4 Å². The Morgan fingerprint density at radius 3 is 2.89 bits per heavy atom. The predicted molar refractivity (Wildman–Crippen MR) is 105 cm³/mol. The first-order chi connectivity index (χ1) is 13.0. The molecule has 0 bridgehead atoms. The maximum Gasteiger partial charge on any atom is 0.158 e. The van der Waals surface area contributed by atoms with Crippen LogP contribution in [0.1, 0.15) is 19.5 Å². The minimum absolute atomic E-state index is 0.113. The number of anilines is 3. The van der Waals surface area contributed by atoms with Crippen LogP contribution in [0, 0.1) is 11.3 Å². The number of nitrogens with zero attached hydrogens (tertiary/aromatic N) is 6. The van der Waals surface area contributed by atoms with Gasteiger partial charge in [-0.2, -0.15) is 5.26 Å². The van der Waals surface area contributed by atoms with E-state index in [4.69, 9.17) is 10.00 Å². The second-order valence-electron chi connectivity index (χ2n) is 6.42. The van der Waals surface area contributed by atoms with Gasteiger partial charge in [-0.25, -0.2) is 9.97 Å². The Morgan fingerprint density at radius 2 is 2.19 bits per heavy atom. The summed E-state index contributed by atoms with van der Waals surface area (Å²) in [6.45, 7) is 7.67. The van der Waals surface area contributed by atoms with Gasteiger partial charge in [0.25, 0.3) is 0 Å². The lowest BCUT2D eigenvalue weighted by atomic mass is 10.2. The molecule has 27 heavy (non-hydrogen) atoms. The molecule has 0 aromatic carbocycles. The highest BCUT2D eigenvalue weighted by atomic mass is 79.9. The smallest absolute Gasteiger partial charge is 0.158 e. The third kappa shape index (κ3) is 5.32. The van der Waals surface area contributed by atoms with Crippen molar-refractivity contribution in [3.8, 4) is 6.07 Å². The SMILES string of the molecule is CC(C)N1CCO[C@@H](CNc2cc(Nc3cnc(C#N)cn3)nnc2Br)C1. The highest BCUT2D eigenvalue weighted by Gasteiger charge is 2.22. The van der Waals surface area contributed by atoms with Gasteiger partial charge in [0.2, 0.25) is 0 Å². The summed E-state index contributed by atoms with van der Waals surface area (Å²) < 4.78 is 6.47.